The number of hydrogen-bond acceptors (Lipinski definition) is 0. The van der Waals surface area contributed by atoms with Crippen LogP contribution < -0.4 is 0 Å². The van der Waals surface area contributed by atoms with Crippen LogP contribution in [-0.2, 0) is 32.7 Å². The Bertz CT molecular complexity index is 223. The SMILES string of the molecule is Cc1c[c-]c(Cl)cc1Cl.[Y]. The molecule has 0 aliphatic carbocycles. The Morgan fingerprint density at radius 2 is 2.00 bits per heavy atom. The van der Waals surface area contributed by atoms with E-state index < -0.39 is 0 Å². The van der Waals surface area contributed by atoms with Crippen molar-refractivity contribution in [3.63, 3.8) is 0 Å². The largest absolute Gasteiger partial charge is 0.171 e. The molecule has 0 bridgehead atoms. The van der Waals surface area contributed by atoms with Crippen molar-refractivity contribution in [1.82, 2.24) is 0 Å². The van der Waals surface area contributed by atoms with Crippen LogP contribution in [0.3, 0.4) is 0 Å². The number of halogens is 2. The number of aryl methyl sites for hydroxylation is 1. The standard InChI is InChI=1S/C7H5Cl2.Y/c1-5-2-3-6(8)4-7(5)9;/h2,4H,1H3;/q-1;. The van der Waals surface area contributed by atoms with Crippen LogP contribution in [0.4, 0.5) is 0 Å². The Hall–Kier alpha value is 0.904. The second-order valence-corrected chi connectivity index (χ2v) is 2.63. The molecule has 0 atom stereocenters. The zero-order valence-corrected chi connectivity index (χ0v) is 9.84. The number of hydrogen-bond donors (Lipinski definition) is 0. The van der Waals surface area contributed by atoms with E-state index in [4.69, 9.17) is 23.2 Å². The fourth-order valence-corrected chi connectivity index (χ4v) is 0.896. The minimum absolute atomic E-state index is 0. The van der Waals surface area contributed by atoms with Gasteiger partial charge in [-0.1, -0.05) is 17.0 Å². The van der Waals surface area contributed by atoms with Crippen molar-refractivity contribution in [3.8, 4) is 0 Å². The van der Waals surface area contributed by atoms with Gasteiger partial charge in [-0.3, -0.25) is 0 Å². The number of benzene rings is 1. The van der Waals surface area contributed by atoms with E-state index in [0.29, 0.717) is 10.0 Å². The number of rotatable bonds is 0. The average molecular weight is 249 g/mol. The first-order chi connectivity index (χ1) is 4.20. The summed E-state index contributed by atoms with van der Waals surface area (Å²) in [6.45, 7) is 1.91. The molecule has 3 heteroatoms. The van der Waals surface area contributed by atoms with Gasteiger partial charge in [0.05, 0.1) is 0 Å². The summed E-state index contributed by atoms with van der Waals surface area (Å²) >= 11 is 11.3. The predicted molar refractivity (Wildman–Crippen MR) is 40.0 cm³/mol. The van der Waals surface area contributed by atoms with Crippen molar-refractivity contribution in [2.75, 3.05) is 0 Å². The molecule has 0 amide bonds. The second-order valence-electron chi connectivity index (χ2n) is 1.81. The average Bonchev–Trinajstić information content (AvgIpc) is 1.80. The normalized spacial score (nSPS) is 8.70. The monoisotopic (exact) mass is 248 g/mol. The first-order valence-electron chi connectivity index (χ1n) is 2.53. The molecule has 10 heavy (non-hydrogen) atoms. The minimum atomic E-state index is 0. The molecule has 1 radical (unpaired) electrons. The van der Waals surface area contributed by atoms with E-state index in [2.05, 4.69) is 6.07 Å². The quantitative estimate of drug-likeness (QED) is 0.619. The Morgan fingerprint density at radius 1 is 1.40 bits per heavy atom. The molecule has 1 aromatic carbocycles. The molecule has 0 saturated heterocycles. The van der Waals surface area contributed by atoms with Gasteiger partial charge in [0.15, 0.2) is 0 Å². The summed E-state index contributed by atoms with van der Waals surface area (Å²) in [5.74, 6) is 0. The molecule has 0 aromatic heterocycles. The van der Waals surface area contributed by atoms with Crippen LogP contribution in [0.2, 0.25) is 10.0 Å². The molecule has 0 fully saturated rings. The first-order valence-corrected chi connectivity index (χ1v) is 3.29. The van der Waals surface area contributed by atoms with Gasteiger partial charge in [0.25, 0.3) is 0 Å². The van der Waals surface area contributed by atoms with E-state index >= 15 is 0 Å². The fourth-order valence-electron chi connectivity index (χ4n) is 0.513. The minimum Gasteiger partial charge on any atom is -0.171 e. The molecule has 0 N–H and O–H groups in total. The Kier molecular flexibility index (Phi) is 5.14. The summed E-state index contributed by atoms with van der Waals surface area (Å²) in [4.78, 5) is 0. The van der Waals surface area contributed by atoms with Crippen LogP contribution >= 0.6 is 23.2 Å². The molecule has 0 saturated carbocycles. The third kappa shape index (κ3) is 2.88. The van der Waals surface area contributed by atoms with E-state index in [-0.39, 0.29) is 32.7 Å². The molecule has 0 aliphatic heterocycles. The van der Waals surface area contributed by atoms with E-state index in [1.165, 1.54) is 0 Å². The molecule has 0 nitrogen and oxygen atoms in total. The van der Waals surface area contributed by atoms with Crippen molar-refractivity contribution in [2.45, 2.75) is 6.92 Å². The zero-order valence-electron chi connectivity index (χ0n) is 5.49. The van der Waals surface area contributed by atoms with Gasteiger partial charge in [-0.05, 0) is 0 Å². The maximum atomic E-state index is 5.71. The molecule has 51 valence electrons. The van der Waals surface area contributed by atoms with Crippen LogP contribution in [0.15, 0.2) is 12.1 Å². The molecule has 1 aromatic rings. The van der Waals surface area contributed by atoms with Crippen molar-refractivity contribution in [1.29, 1.82) is 0 Å². The Labute approximate surface area is 95.8 Å². The molecule has 0 spiro atoms. The van der Waals surface area contributed by atoms with Gasteiger partial charge in [0, 0.05) is 32.7 Å². The summed E-state index contributed by atoms with van der Waals surface area (Å²) in [7, 11) is 0. The van der Waals surface area contributed by atoms with Crippen LogP contribution in [0, 0.1) is 13.0 Å². The Morgan fingerprint density at radius 3 is 2.40 bits per heavy atom. The maximum absolute atomic E-state index is 5.71. The first kappa shape index (κ1) is 10.9. The topological polar surface area (TPSA) is 0 Å². The van der Waals surface area contributed by atoms with Crippen molar-refractivity contribution < 1.29 is 32.7 Å². The van der Waals surface area contributed by atoms with Crippen molar-refractivity contribution in [2.24, 2.45) is 0 Å². The van der Waals surface area contributed by atoms with E-state index in [9.17, 15) is 0 Å². The van der Waals surface area contributed by atoms with Gasteiger partial charge in [-0.25, -0.2) is 0 Å². The van der Waals surface area contributed by atoms with E-state index in [0.717, 1.165) is 5.56 Å². The molecule has 0 unspecified atom stereocenters. The summed E-state index contributed by atoms with van der Waals surface area (Å²) in [5, 5.41) is 1.25. The van der Waals surface area contributed by atoms with Gasteiger partial charge >= 0.3 is 0 Å². The molecule has 1 rings (SSSR count). The van der Waals surface area contributed by atoms with Crippen LogP contribution in [0.1, 0.15) is 5.56 Å². The summed E-state index contributed by atoms with van der Waals surface area (Å²) < 4.78 is 0. The van der Waals surface area contributed by atoms with Crippen LogP contribution in [0.5, 0.6) is 0 Å². The van der Waals surface area contributed by atoms with E-state index in [1.54, 1.807) is 12.1 Å². The Balaban J connectivity index is 0.000000810. The van der Waals surface area contributed by atoms with Crippen molar-refractivity contribution in [3.05, 3.63) is 33.8 Å². The van der Waals surface area contributed by atoms with Gasteiger partial charge in [-0.15, -0.1) is 34.8 Å². The van der Waals surface area contributed by atoms with E-state index in [1.807, 2.05) is 6.92 Å². The van der Waals surface area contributed by atoms with Gasteiger partial charge in [0.2, 0.25) is 0 Å². The van der Waals surface area contributed by atoms with Gasteiger partial charge in [-0.2, -0.15) is 12.1 Å². The van der Waals surface area contributed by atoms with Crippen LogP contribution in [-0.4, -0.2) is 0 Å². The van der Waals surface area contributed by atoms with Gasteiger partial charge < -0.3 is 0 Å². The molecule has 0 aliphatic rings. The third-order valence-corrected chi connectivity index (χ3v) is 1.68. The third-order valence-electron chi connectivity index (χ3n) is 1.06. The molecular formula is C7H5Cl2Y-. The fraction of sp³-hybridized carbons (Fsp3) is 0.143. The van der Waals surface area contributed by atoms with Gasteiger partial charge in [0.1, 0.15) is 0 Å². The van der Waals surface area contributed by atoms with Crippen LogP contribution in [0.25, 0.3) is 0 Å². The maximum Gasteiger partial charge on any atom is 0 e. The zero-order chi connectivity index (χ0) is 6.85. The summed E-state index contributed by atoms with van der Waals surface area (Å²) in [6.07, 6.45) is 0. The predicted octanol–water partition coefficient (Wildman–Crippen LogP) is 3.10. The molecule has 0 heterocycles. The smallest absolute Gasteiger partial charge is 0 e. The second kappa shape index (κ2) is 4.72. The summed E-state index contributed by atoms with van der Waals surface area (Å²) in [5.41, 5.74) is 1.00. The summed E-state index contributed by atoms with van der Waals surface area (Å²) in [6, 6.07) is 6.27. The van der Waals surface area contributed by atoms with Crippen molar-refractivity contribution >= 4 is 23.2 Å². The molecular weight excluding hydrogens is 244 g/mol.